The number of hydrogen-bond acceptors (Lipinski definition) is 2. The zero-order valence-corrected chi connectivity index (χ0v) is 6.20. The van der Waals surface area contributed by atoms with Crippen molar-refractivity contribution in [3.63, 3.8) is 0 Å². The van der Waals surface area contributed by atoms with E-state index >= 15 is 0 Å². The van der Waals surface area contributed by atoms with Gasteiger partial charge in [0.25, 0.3) is 0 Å². The average Bonchev–Trinajstić information content (AvgIpc) is 2.30. The number of ether oxygens (including phenoxy) is 1. The van der Waals surface area contributed by atoms with Gasteiger partial charge in [-0.05, 0) is 13.0 Å². The van der Waals surface area contributed by atoms with Crippen LogP contribution in [0.15, 0.2) is 24.3 Å². The van der Waals surface area contributed by atoms with Gasteiger partial charge >= 0.3 is 5.97 Å². The molecule has 1 aromatic carbocycles. The third-order valence-corrected chi connectivity index (χ3v) is 1.90. The molecule has 1 heterocycles. The first-order chi connectivity index (χ1) is 5.29. The molecule has 11 heavy (non-hydrogen) atoms. The van der Waals surface area contributed by atoms with Crippen LogP contribution in [0.5, 0.6) is 0 Å². The fraction of sp³-hybridized carbons (Fsp3) is 0.222. The predicted molar refractivity (Wildman–Crippen MR) is 40.3 cm³/mol. The summed E-state index contributed by atoms with van der Waals surface area (Å²) in [6.07, 6.45) is -0.0706. The van der Waals surface area contributed by atoms with Crippen molar-refractivity contribution in [2.75, 3.05) is 0 Å². The summed E-state index contributed by atoms with van der Waals surface area (Å²) >= 11 is 0. The number of cyclic esters (lactones) is 1. The van der Waals surface area contributed by atoms with Gasteiger partial charge in [-0.2, -0.15) is 0 Å². The van der Waals surface area contributed by atoms with E-state index in [0.29, 0.717) is 5.56 Å². The van der Waals surface area contributed by atoms with Crippen LogP contribution in [0.25, 0.3) is 0 Å². The SMILES string of the molecule is CC1OC(=O)c2ccccc21. The molecular formula is C9H8O2. The molecule has 0 spiro atoms. The van der Waals surface area contributed by atoms with Crippen LogP contribution in [-0.2, 0) is 4.74 Å². The normalized spacial score (nSPS) is 21.2. The monoisotopic (exact) mass is 148 g/mol. The van der Waals surface area contributed by atoms with E-state index in [4.69, 9.17) is 4.74 Å². The van der Waals surface area contributed by atoms with Gasteiger partial charge in [0, 0.05) is 5.56 Å². The minimum absolute atomic E-state index is 0.0706. The smallest absolute Gasteiger partial charge is 0.339 e. The van der Waals surface area contributed by atoms with Gasteiger partial charge in [0.1, 0.15) is 6.10 Å². The van der Waals surface area contributed by atoms with Gasteiger partial charge < -0.3 is 4.74 Å². The number of benzene rings is 1. The van der Waals surface area contributed by atoms with E-state index in [1.165, 1.54) is 0 Å². The molecule has 1 aromatic rings. The highest BCUT2D eigenvalue weighted by Crippen LogP contribution is 2.29. The summed E-state index contributed by atoms with van der Waals surface area (Å²) in [5, 5.41) is 0. The molecule has 1 aliphatic heterocycles. The van der Waals surface area contributed by atoms with Crippen molar-refractivity contribution in [3.05, 3.63) is 35.4 Å². The molecule has 2 nitrogen and oxygen atoms in total. The molecule has 1 aliphatic rings. The molecule has 0 saturated carbocycles. The molecule has 0 saturated heterocycles. The maximum Gasteiger partial charge on any atom is 0.339 e. The first-order valence-corrected chi connectivity index (χ1v) is 3.59. The molecule has 0 aromatic heterocycles. The number of fused-ring (bicyclic) bond motifs is 1. The van der Waals surface area contributed by atoms with Gasteiger partial charge in [0.05, 0.1) is 5.56 Å². The van der Waals surface area contributed by atoms with Crippen LogP contribution in [0.2, 0.25) is 0 Å². The standard InChI is InChI=1S/C9H8O2/c1-6-7-4-2-3-5-8(7)9(10)11-6/h2-6H,1H3. The van der Waals surface area contributed by atoms with Gasteiger partial charge in [-0.15, -0.1) is 0 Å². The quantitative estimate of drug-likeness (QED) is 0.525. The van der Waals surface area contributed by atoms with Crippen LogP contribution in [0.4, 0.5) is 0 Å². The van der Waals surface area contributed by atoms with Crippen LogP contribution in [-0.4, -0.2) is 5.97 Å². The molecule has 0 radical (unpaired) electrons. The first kappa shape index (κ1) is 6.40. The molecule has 2 heteroatoms. The van der Waals surface area contributed by atoms with E-state index in [0.717, 1.165) is 5.56 Å². The van der Waals surface area contributed by atoms with Crippen molar-refractivity contribution in [2.24, 2.45) is 0 Å². The van der Waals surface area contributed by atoms with Crippen LogP contribution in [0.1, 0.15) is 28.9 Å². The topological polar surface area (TPSA) is 26.3 Å². The summed E-state index contributed by atoms with van der Waals surface area (Å²) in [6, 6.07) is 7.47. The van der Waals surface area contributed by atoms with Crippen LogP contribution in [0.3, 0.4) is 0 Å². The number of carbonyl (C=O) groups is 1. The number of carbonyl (C=O) groups excluding carboxylic acids is 1. The van der Waals surface area contributed by atoms with Crippen LogP contribution >= 0.6 is 0 Å². The van der Waals surface area contributed by atoms with E-state index in [1.807, 2.05) is 25.1 Å². The van der Waals surface area contributed by atoms with Gasteiger partial charge in [0.15, 0.2) is 0 Å². The summed E-state index contributed by atoms with van der Waals surface area (Å²) in [6.45, 7) is 1.88. The Morgan fingerprint density at radius 1 is 1.36 bits per heavy atom. The fourth-order valence-electron chi connectivity index (χ4n) is 1.32. The number of hydrogen-bond donors (Lipinski definition) is 0. The van der Waals surface area contributed by atoms with Crippen molar-refractivity contribution in [1.29, 1.82) is 0 Å². The van der Waals surface area contributed by atoms with Gasteiger partial charge in [-0.25, -0.2) is 4.79 Å². The summed E-state index contributed by atoms with van der Waals surface area (Å²) in [4.78, 5) is 11.1. The highest BCUT2D eigenvalue weighted by atomic mass is 16.5. The Hall–Kier alpha value is -1.31. The third kappa shape index (κ3) is 0.827. The van der Waals surface area contributed by atoms with E-state index in [9.17, 15) is 4.79 Å². The number of esters is 1. The van der Waals surface area contributed by atoms with Gasteiger partial charge in [-0.3, -0.25) is 0 Å². The van der Waals surface area contributed by atoms with Crippen LogP contribution < -0.4 is 0 Å². The van der Waals surface area contributed by atoms with E-state index in [2.05, 4.69) is 0 Å². The summed E-state index contributed by atoms with van der Waals surface area (Å²) in [5.74, 6) is -0.201. The molecule has 1 atom stereocenters. The molecular weight excluding hydrogens is 140 g/mol. The zero-order valence-electron chi connectivity index (χ0n) is 6.20. The molecule has 0 aliphatic carbocycles. The minimum atomic E-state index is -0.201. The lowest BCUT2D eigenvalue weighted by Gasteiger charge is -1.99. The zero-order chi connectivity index (χ0) is 7.84. The summed E-state index contributed by atoms with van der Waals surface area (Å²) < 4.78 is 4.99. The van der Waals surface area contributed by atoms with Gasteiger partial charge in [-0.1, -0.05) is 18.2 Å². The molecule has 0 bridgehead atoms. The lowest BCUT2D eigenvalue weighted by Crippen LogP contribution is -1.93. The summed E-state index contributed by atoms with van der Waals surface area (Å²) in [7, 11) is 0. The molecule has 2 rings (SSSR count). The van der Waals surface area contributed by atoms with Crippen molar-refractivity contribution >= 4 is 5.97 Å². The maximum absolute atomic E-state index is 11.1. The van der Waals surface area contributed by atoms with Crippen LogP contribution in [0, 0.1) is 0 Å². The van der Waals surface area contributed by atoms with E-state index < -0.39 is 0 Å². The second kappa shape index (κ2) is 2.09. The van der Waals surface area contributed by atoms with Crippen molar-refractivity contribution in [2.45, 2.75) is 13.0 Å². The van der Waals surface area contributed by atoms with Gasteiger partial charge in [0.2, 0.25) is 0 Å². The van der Waals surface area contributed by atoms with Crippen molar-refractivity contribution in [3.8, 4) is 0 Å². The Balaban J connectivity index is 2.60. The molecule has 0 N–H and O–H groups in total. The second-order valence-corrected chi connectivity index (χ2v) is 2.63. The maximum atomic E-state index is 11.1. The van der Waals surface area contributed by atoms with E-state index in [1.54, 1.807) is 6.07 Å². The Morgan fingerprint density at radius 3 is 2.82 bits per heavy atom. The highest BCUT2D eigenvalue weighted by Gasteiger charge is 2.26. The Kier molecular flexibility index (Phi) is 1.22. The van der Waals surface area contributed by atoms with Crippen molar-refractivity contribution in [1.82, 2.24) is 0 Å². The molecule has 0 amide bonds. The Morgan fingerprint density at radius 2 is 2.09 bits per heavy atom. The molecule has 56 valence electrons. The number of rotatable bonds is 0. The highest BCUT2D eigenvalue weighted by molar-refractivity contribution is 5.93. The molecule has 1 unspecified atom stereocenters. The first-order valence-electron chi connectivity index (χ1n) is 3.59. The summed E-state index contributed by atoms with van der Waals surface area (Å²) in [5.41, 5.74) is 1.71. The lowest BCUT2D eigenvalue weighted by atomic mass is 10.1. The predicted octanol–water partition coefficient (Wildman–Crippen LogP) is 1.92. The third-order valence-electron chi connectivity index (χ3n) is 1.90. The average molecular weight is 148 g/mol. The van der Waals surface area contributed by atoms with Crippen molar-refractivity contribution < 1.29 is 9.53 Å². The second-order valence-electron chi connectivity index (χ2n) is 2.63. The fourth-order valence-corrected chi connectivity index (χ4v) is 1.32. The Labute approximate surface area is 64.8 Å². The molecule has 0 fully saturated rings. The largest absolute Gasteiger partial charge is 0.454 e. The Bertz CT molecular complexity index is 304. The van der Waals surface area contributed by atoms with E-state index in [-0.39, 0.29) is 12.1 Å². The lowest BCUT2D eigenvalue weighted by molar-refractivity contribution is 0.0422. The minimum Gasteiger partial charge on any atom is -0.454 e.